The van der Waals surface area contributed by atoms with E-state index >= 15 is 0 Å². The van der Waals surface area contributed by atoms with Crippen molar-refractivity contribution in [1.29, 1.82) is 0 Å². The number of aryl methyl sites for hydroxylation is 1. The lowest BCUT2D eigenvalue weighted by Gasteiger charge is -2.20. The van der Waals surface area contributed by atoms with E-state index in [1.807, 2.05) is 20.8 Å². The summed E-state index contributed by atoms with van der Waals surface area (Å²) < 4.78 is 0. The van der Waals surface area contributed by atoms with Crippen molar-refractivity contribution in [3.8, 4) is 5.75 Å². The first kappa shape index (κ1) is 17.0. The molecule has 0 aliphatic rings. The Labute approximate surface area is 125 Å². The number of nitrogens with one attached hydrogen (secondary N) is 1. The lowest BCUT2D eigenvalue weighted by Crippen LogP contribution is -2.18. The van der Waals surface area contributed by atoms with Gasteiger partial charge in [0.2, 0.25) is 0 Å². The summed E-state index contributed by atoms with van der Waals surface area (Å²) in [4.78, 5) is 22.7. The predicted molar refractivity (Wildman–Crippen MR) is 84.3 cm³/mol. The van der Waals surface area contributed by atoms with Crippen molar-refractivity contribution in [2.45, 2.75) is 40.5 Å². The van der Waals surface area contributed by atoms with Crippen molar-refractivity contribution in [2.75, 3.05) is 5.32 Å². The fourth-order valence-corrected chi connectivity index (χ4v) is 1.95. The molecule has 2 N–H and O–H groups in total. The fourth-order valence-electron chi connectivity index (χ4n) is 1.95. The maximum Gasteiger partial charge on any atom is 0.160 e. The molecule has 0 aliphatic heterocycles. The number of aldehydes is 1. The van der Waals surface area contributed by atoms with Crippen molar-refractivity contribution in [2.24, 2.45) is 5.41 Å². The van der Waals surface area contributed by atoms with Gasteiger partial charge in [-0.1, -0.05) is 13.8 Å². The van der Waals surface area contributed by atoms with E-state index in [4.69, 9.17) is 0 Å². The lowest BCUT2D eigenvalue weighted by molar-refractivity contribution is -0.118. The maximum absolute atomic E-state index is 12.1. The van der Waals surface area contributed by atoms with Crippen LogP contribution < -0.4 is 5.32 Å². The van der Waals surface area contributed by atoms with E-state index in [-0.39, 0.29) is 16.9 Å². The normalized spacial score (nSPS) is 12.1. The molecule has 0 aliphatic carbocycles. The molecule has 0 fully saturated rings. The van der Waals surface area contributed by atoms with E-state index in [1.54, 1.807) is 31.3 Å². The van der Waals surface area contributed by atoms with Crippen LogP contribution >= 0.6 is 0 Å². The Morgan fingerprint density at radius 2 is 2.05 bits per heavy atom. The number of rotatable bonds is 7. The van der Waals surface area contributed by atoms with Crippen LogP contribution in [0.3, 0.4) is 0 Å². The zero-order valence-corrected chi connectivity index (χ0v) is 13.1. The summed E-state index contributed by atoms with van der Waals surface area (Å²) in [6.45, 7) is 7.44. The molecule has 0 saturated heterocycles. The van der Waals surface area contributed by atoms with Gasteiger partial charge in [-0.15, -0.1) is 0 Å². The number of Topliss-reactive ketones (excluding diaryl/α,β-unsaturated/α-hetero) is 1. The number of aromatic hydroxyl groups is 1. The summed E-state index contributed by atoms with van der Waals surface area (Å²) in [5.41, 5.74) is 2.03. The summed E-state index contributed by atoms with van der Waals surface area (Å²) >= 11 is 0. The summed E-state index contributed by atoms with van der Waals surface area (Å²) in [6.07, 6.45) is 3.23. The van der Waals surface area contributed by atoms with Crippen LogP contribution in [0.1, 0.15) is 39.2 Å². The molecular formula is C17H23NO3. The first-order valence-electron chi connectivity index (χ1n) is 6.95. The number of hydrogen-bond donors (Lipinski definition) is 2. The molecule has 1 aromatic carbocycles. The number of allylic oxidation sites excluding steroid dienone is 1. The maximum atomic E-state index is 12.1. The monoisotopic (exact) mass is 289 g/mol. The fraction of sp³-hybridized carbons (Fsp3) is 0.412. The Balaban J connectivity index is 2.71. The number of benzene rings is 1. The van der Waals surface area contributed by atoms with E-state index in [2.05, 4.69) is 5.32 Å². The summed E-state index contributed by atoms with van der Waals surface area (Å²) in [7, 11) is 0. The smallest absolute Gasteiger partial charge is 0.160 e. The molecule has 0 aromatic heterocycles. The second-order valence-electron chi connectivity index (χ2n) is 6.11. The highest BCUT2D eigenvalue weighted by molar-refractivity contribution is 5.95. The SMILES string of the molecule is C/C(=C\Nc1ccc(O)cc1C)C(=O)CC(C)(C)CC=O. The van der Waals surface area contributed by atoms with Gasteiger partial charge in [-0.25, -0.2) is 0 Å². The van der Waals surface area contributed by atoms with Crippen molar-refractivity contribution in [1.82, 2.24) is 0 Å². The number of hydrogen-bond acceptors (Lipinski definition) is 4. The second kappa shape index (κ2) is 7.07. The lowest BCUT2D eigenvalue weighted by atomic mass is 9.83. The Hall–Kier alpha value is -2.10. The Bertz CT molecular complexity index is 559. The minimum Gasteiger partial charge on any atom is -0.508 e. The first-order chi connectivity index (χ1) is 9.75. The summed E-state index contributed by atoms with van der Waals surface area (Å²) in [6, 6.07) is 5.00. The predicted octanol–water partition coefficient (Wildman–Crippen LogP) is 3.59. The van der Waals surface area contributed by atoms with E-state index in [0.29, 0.717) is 18.4 Å². The van der Waals surface area contributed by atoms with Crippen molar-refractivity contribution < 1.29 is 14.7 Å². The highest BCUT2D eigenvalue weighted by Crippen LogP contribution is 2.26. The Morgan fingerprint density at radius 3 is 2.62 bits per heavy atom. The number of phenols is 1. The Morgan fingerprint density at radius 1 is 1.38 bits per heavy atom. The van der Waals surface area contributed by atoms with Crippen LogP contribution in [0.2, 0.25) is 0 Å². The first-order valence-corrected chi connectivity index (χ1v) is 6.95. The molecule has 114 valence electrons. The van der Waals surface area contributed by atoms with Crippen LogP contribution in [0, 0.1) is 12.3 Å². The van der Waals surface area contributed by atoms with Crippen LogP contribution in [0.5, 0.6) is 5.75 Å². The number of phenolic OH excluding ortho intramolecular Hbond substituents is 1. The van der Waals surface area contributed by atoms with E-state index in [1.165, 1.54) is 0 Å². The molecule has 0 bridgehead atoms. The standard InChI is InChI=1S/C17H23NO3/c1-12-9-14(20)5-6-15(12)18-11-13(2)16(21)10-17(3,4)7-8-19/h5-6,8-9,11,18,20H,7,10H2,1-4H3/b13-11+. The molecule has 21 heavy (non-hydrogen) atoms. The number of anilines is 1. The van der Waals surface area contributed by atoms with Gasteiger partial charge in [-0.2, -0.15) is 0 Å². The minimum absolute atomic E-state index is 0.0192. The van der Waals surface area contributed by atoms with Gasteiger partial charge in [0.25, 0.3) is 0 Å². The van der Waals surface area contributed by atoms with E-state index < -0.39 is 0 Å². The molecule has 1 rings (SSSR count). The van der Waals surface area contributed by atoms with Gasteiger partial charge in [0, 0.05) is 30.3 Å². The molecule has 1 aromatic rings. The van der Waals surface area contributed by atoms with Gasteiger partial charge in [-0.05, 0) is 43.0 Å². The van der Waals surface area contributed by atoms with Crippen LogP contribution in [0.15, 0.2) is 30.0 Å². The molecule has 0 unspecified atom stereocenters. The van der Waals surface area contributed by atoms with Crippen LogP contribution in [0.25, 0.3) is 0 Å². The third-order valence-electron chi connectivity index (χ3n) is 3.37. The molecular weight excluding hydrogens is 266 g/mol. The van der Waals surface area contributed by atoms with Crippen molar-refractivity contribution >= 4 is 17.8 Å². The number of ketones is 1. The Kier molecular flexibility index (Phi) is 5.70. The average molecular weight is 289 g/mol. The molecule has 4 nitrogen and oxygen atoms in total. The van der Waals surface area contributed by atoms with Gasteiger partial charge in [0.15, 0.2) is 5.78 Å². The van der Waals surface area contributed by atoms with Crippen LogP contribution in [-0.4, -0.2) is 17.2 Å². The second-order valence-corrected chi connectivity index (χ2v) is 6.11. The largest absolute Gasteiger partial charge is 0.508 e. The summed E-state index contributed by atoms with van der Waals surface area (Å²) in [5.74, 6) is 0.233. The number of carbonyl (C=O) groups is 2. The van der Waals surface area contributed by atoms with E-state index in [0.717, 1.165) is 17.5 Å². The van der Waals surface area contributed by atoms with Crippen molar-refractivity contribution in [3.05, 3.63) is 35.5 Å². The van der Waals surface area contributed by atoms with Gasteiger partial charge < -0.3 is 15.2 Å². The molecule has 4 heteroatoms. The molecule has 0 amide bonds. The quantitative estimate of drug-likeness (QED) is 0.457. The highest BCUT2D eigenvalue weighted by Gasteiger charge is 2.22. The molecule has 0 heterocycles. The third kappa shape index (κ3) is 5.42. The van der Waals surface area contributed by atoms with E-state index in [9.17, 15) is 14.7 Å². The van der Waals surface area contributed by atoms with Gasteiger partial charge in [-0.3, -0.25) is 4.79 Å². The molecule has 0 atom stereocenters. The van der Waals surface area contributed by atoms with Gasteiger partial charge in [0.1, 0.15) is 12.0 Å². The van der Waals surface area contributed by atoms with Crippen molar-refractivity contribution in [3.63, 3.8) is 0 Å². The van der Waals surface area contributed by atoms with Crippen LogP contribution in [0.4, 0.5) is 5.69 Å². The average Bonchev–Trinajstić information content (AvgIpc) is 2.36. The summed E-state index contributed by atoms with van der Waals surface area (Å²) in [5, 5.41) is 12.4. The third-order valence-corrected chi connectivity index (χ3v) is 3.37. The molecule has 0 saturated carbocycles. The topological polar surface area (TPSA) is 66.4 Å². The van der Waals surface area contributed by atoms with Gasteiger partial charge >= 0.3 is 0 Å². The zero-order chi connectivity index (χ0) is 16.0. The number of carbonyl (C=O) groups excluding carboxylic acids is 2. The molecule has 0 radical (unpaired) electrons. The molecule has 0 spiro atoms. The highest BCUT2D eigenvalue weighted by atomic mass is 16.3. The van der Waals surface area contributed by atoms with Gasteiger partial charge in [0.05, 0.1) is 0 Å². The zero-order valence-electron chi connectivity index (χ0n) is 13.1. The van der Waals surface area contributed by atoms with Crippen LogP contribution in [-0.2, 0) is 9.59 Å². The minimum atomic E-state index is -0.317.